The second-order valence-corrected chi connectivity index (χ2v) is 4.55. The van der Waals surface area contributed by atoms with Gasteiger partial charge in [0.1, 0.15) is 5.69 Å². The summed E-state index contributed by atoms with van der Waals surface area (Å²) in [4.78, 5) is 11.9. The van der Waals surface area contributed by atoms with Gasteiger partial charge in [-0.05, 0) is 35.9 Å². The first-order chi connectivity index (χ1) is 8.58. The van der Waals surface area contributed by atoms with Gasteiger partial charge < -0.3 is 0 Å². The third kappa shape index (κ3) is 2.81. The Labute approximate surface area is 115 Å². The number of hydrogen-bond acceptors (Lipinski definition) is 2. The summed E-state index contributed by atoms with van der Waals surface area (Å²) in [6.45, 7) is 0. The molecule has 0 saturated carbocycles. The number of benzene rings is 1. The number of aryl methyl sites for hydroxylation is 1. The van der Waals surface area contributed by atoms with Crippen LogP contribution in [0.15, 0.2) is 36.5 Å². The molecule has 0 aliphatic rings. The third-order valence-electron chi connectivity index (χ3n) is 2.45. The Balaban J connectivity index is 2.21. The molecule has 0 atom stereocenters. The van der Waals surface area contributed by atoms with Crippen LogP contribution >= 0.6 is 23.2 Å². The number of allylic oxidation sites excluding steroid dienone is 1. The number of carbonyl (C=O) groups excluding carboxylic acids is 1. The molecule has 1 aromatic carbocycles. The van der Waals surface area contributed by atoms with Crippen molar-refractivity contribution >= 4 is 35.1 Å². The Hall–Kier alpha value is -1.58. The first-order valence-corrected chi connectivity index (χ1v) is 5.99. The summed E-state index contributed by atoms with van der Waals surface area (Å²) in [5.41, 5.74) is 1.27. The Bertz CT molecular complexity index is 617. The highest BCUT2D eigenvalue weighted by Crippen LogP contribution is 2.22. The number of nitrogens with zero attached hydrogens (tertiary/aromatic N) is 2. The molecule has 0 N–H and O–H groups in total. The summed E-state index contributed by atoms with van der Waals surface area (Å²) in [6.07, 6.45) is 4.70. The van der Waals surface area contributed by atoms with E-state index in [1.54, 1.807) is 43.6 Å². The zero-order chi connectivity index (χ0) is 13.1. The van der Waals surface area contributed by atoms with Gasteiger partial charge in [-0.2, -0.15) is 5.10 Å². The summed E-state index contributed by atoms with van der Waals surface area (Å²) < 4.78 is 1.52. The number of carbonyl (C=O) groups is 1. The van der Waals surface area contributed by atoms with Crippen molar-refractivity contribution in [3.63, 3.8) is 0 Å². The van der Waals surface area contributed by atoms with E-state index in [0.717, 1.165) is 5.56 Å². The molecule has 0 aliphatic carbocycles. The average molecular weight is 281 g/mol. The quantitative estimate of drug-likeness (QED) is 0.636. The molecular formula is C13H10Cl2N2O. The standard InChI is InChI=1S/C13H10Cl2N2O/c1-17-12(6-7-16-17)13(18)5-3-9-2-4-10(14)8-11(9)15/h2-8H,1H3/b5-3+. The summed E-state index contributed by atoms with van der Waals surface area (Å²) in [5.74, 6) is -0.124. The van der Waals surface area contributed by atoms with Crippen molar-refractivity contribution in [2.75, 3.05) is 0 Å². The van der Waals surface area contributed by atoms with Crippen LogP contribution in [-0.4, -0.2) is 15.6 Å². The van der Waals surface area contributed by atoms with E-state index in [1.165, 1.54) is 10.8 Å². The topological polar surface area (TPSA) is 34.9 Å². The van der Waals surface area contributed by atoms with Crippen molar-refractivity contribution in [2.45, 2.75) is 0 Å². The maximum absolute atomic E-state index is 11.9. The van der Waals surface area contributed by atoms with Crippen LogP contribution in [0, 0.1) is 0 Å². The van der Waals surface area contributed by atoms with Crippen molar-refractivity contribution in [1.82, 2.24) is 9.78 Å². The Morgan fingerprint density at radius 3 is 2.72 bits per heavy atom. The highest BCUT2D eigenvalue weighted by Gasteiger charge is 2.06. The smallest absolute Gasteiger partial charge is 0.203 e. The summed E-state index contributed by atoms with van der Waals surface area (Å²) >= 11 is 11.8. The molecule has 2 rings (SSSR count). The van der Waals surface area contributed by atoms with Crippen LogP contribution in [0.1, 0.15) is 16.1 Å². The van der Waals surface area contributed by atoms with Gasteiger partial charge >= 0.3 is 0 Å². The number of ketones is 1. The predicted octanol–water partition coefficient (Wildman–Crippen LogP) is 3.62. The largest absolute Gasteiger partial charge is 0.288 e. The highest BCUT2D eigenvalue weighted by molar-refractivity contribution is 6.35. The molecule has 0 amide bonds. The lowest BCUT2D eigenvalue weighted by molar-refractivity contribution is 0.103. The maximum Gasteiger partial charge on any atom is 0.203 e. The van der Waals surface area contributed by atoms with Crippen LogP contribution in [0.3, 0.4) is 0 Å². The number of rotatable bonds is 3. The summed E-state index contributed by atoms with van der Waals surface area (Å²) in [7, 11) is 1.72. The highest BCUT2D eigenvalue weighted by atomic mass is 35.5. The molecule has 0 aliphatic heterocycles. The minimum atomic E-state index is -0.124. The molecule has 1 heterocycles. The molecule has 3 nitrogen and oxygen atoms in total. The summed E-state index contributed by atoms with van der Waals surface area (Å²) in [6, 6.07) is 6.78. The predicted molar refractivity (Wildman–Crippen MR) is 73.0 cm³/mol. The van der Waals surface area contributed by atoms with Gasteiger partial charge in [0, 0.05) is 23.3 Å². The van der Waals surface area contributed by atoms with Gasteiger partial charge in [-0.25, -0.2) is 0 Å². The maximum atomic E-state index is 11.9. The number of aromatic nitrogens is 2. The van der Waals surface area contributed by atoms with E-state index in [0.29, 0.717) is 15.7 Å². The van der Waals surface area contributed by atoms with Crippen molar-refractivity contribution in [2.24, 2.45) is 7.05 Å². The van der Waals surface area contributed by atoms with E-state index in [4.69, 9.17) is 23.2 Å². The molecular weight excluding hydrogens is 271 g/mol. The van der Waals surface area contributed by atoms with E-state index in [1.807, 2.05) is 0 Å². The molecule has 0 spiro atoms. The van der Waals surface area contributed by atoms with Crippen molar-refractivity contribution in [1.29, 1.82) is 0 Å². The van der Waals surface area contributed by atoms with Gasteiger partial charge in [-0.1, -0.05) is 29.3 Å². The Morgan fingerprint density at radius 1 is 1.33 bits per heavy atom. The van der Waals surface area contributed by atoms with E-state index < -0.39 is 0 Å². The van der Waals surface area contributed by atoms with Gasteiger partial charge in [-0.3, -0.25) is 9.48 Å². The second-order valence-electron chi connectivity index (χ2n) is 3.70. The van der Waals surface area contributed by atoms with Gasteiger partial charge in [0.05, 0.1) is 0 Å². The second kappa shape index (κ2) is 5.38. The zero-order valence-corrected chi connectivity index (χ0v) is 11.1. The number of halogens is 2. The molecule has 2 aromatic rings. The lowest BCUT2D eigenvalue weighted by Crippen LogP contribution is -2.03. The molecule has 18 heavy (non-hydrogen) atoms. The Kier molecular flexibility index (Phi) is 3.84. The summed E-state index contributed by atoms with van der Waals surface area (Å²) in [5, 5.41) is 5.02. The minimum Gasteiger partial charge on any atom is -0.288 e. The zero-order valence-electron chi connectivity index (χ0n) is 9.60. The molecule has 0 saturated heterocycles. The SMILES string of the molecule is Cn1nccc1C(=O)/C=C/c1ccc(Cl)cc1Cl. The molecule has 0 radical (unpaired) electrons. The van der Waals surface area contributed by atoms with Gasteiger partial charge in [0.15, 0.2) is 0 Å². The fourth-order valence-electron chi connectivity index (χ4n) is 1.50. The van der Waals surface area contributed by atoms with Crippen LogP contribution in [0.2, 0.25) is 10.0 Å². The first-order valence-electron chi connectivity index (χ1n) is 5.23. The van der Waals surface area contributed by atoms with E-state index >= 15 is 0 Å². The van der Waals surface area contributed by atoms with Crippen LogP contribution in [0.5, 0.6) is 0 Å². The molecule has 5 heteroatoms. The molecule has 0 fully saturated rings. The Morgan fingerprint density at radius 2 is 2.11 bits per heavy atom. The van der Waals surface area contributed by atoms with Crippen LogP contribution in [0.4, 0.5) is 0 Å². The minimum absolute atomic E-state index is 0.124. The van der Waals surface area contributed by atoms with Gasteiger partial charge in [0.25, 0.3) is 0 Å². The van der Waals surface area contributed by atoms with Crippen molar-refractivity contribution in [3.8, 4) is 0 Å². The van der Waals surface area contributed by atoms with E-state index in [9.17, 15) is 4.79 Å². The molecule has 0 bridgehead atoms. The first kappa shape index (κ1) is 12.9. The average Bonchev–Trinajstić information content (AvgIpc) is 2.74. The molecule has 92 valence electrons. The van der Waals surface area contributed by atoms with E-state index in [2.05, 4.69) is 5.10 Å². The normalized spacial score (nSPS) is 11.1. The van der Waals surface area contributed by atoms with Gasteiger partial charge in [-0.15, -0.1) is 0 Å². The van der Waals surface area contributed by atoms with E-state index in [-0.39, 0.29) is 5.78 Å². The molecule has 0 unspecified atom stereocenters. The lowest BCUT2D eigenvalue weighted by Gasteiger charge is -1.99. The fourth-order valence-corrected chi connectivity index (χ4v) is 1.97. The lowest BCUT2D eigenvalue weighted by atomic mass is 10.1. The third-order valence-corrected chi connectivity index (χ3v) is 3.01. The monoisotopic (exact) mass is 280 g/mol. The number of hydrogen-bond donors (Lipinski definition) is 0. The van der Waals surface area contributed by atoms with Crippen LogP contribution < -0.4 is 0 Å². The van der Waals surface area contributed by atoms with Crippen molar-refractivity contribution < 1.29 is 4.79 Å². The molecule has 1 aromatic heterocycles. The van der Waals surface area contributed by atoms with Crippen LogP contribution in [-0.2, 0) is 7.05 Å². The van der Waals surface area contributed by atoms with Crippen molar-refractivity contribution in [3.05, 3.63) is 57.8 Å². The van der Waals surface area contributed by atoms with Gasteiger partial charge in [0.2, 0.25) is 5.78 Å². The fraction of sp³-hybridized carbons (Fsp3) is 0.0769. The van der Waals surface area contributed by atoms with Crippen LogP contribution in [0.25, 0.3) is 6.08 Å².